The molecule has 0 unspecified atom stereocenters. The summed E-state index contributed by atoms with van der Waals surface area (Å²) in [5, 5.41) is 5.11. The molecule has 2 aromatic carbocycles. The number of aromatic nitrogens is 3. The average Bonchev–Trinajstić information content (AvgIpc) is 3.37. The number of hydrogen-bond donors (Lipinski definition) is 0. The van der Waals surface area contributed by atoms with Crippen LogP contribution in [-0.4, -0.2) is 20.9 Å². The van der Waals surface area contributed by atoms with E-state index < -0.39 is 11.7 Å². The van der Waals surface area contributed by atoms with E-state index >= 15 is 0 Å². The van der Waals surface area contributed by atoms with Crippen LogP contribution in [0.15, 0.2) is 54.7 Å². The van der Waals surface area contributed by atoms with E-state index in [-0.39, 0.29) is 12.0 Å². The monoisotopic (exact) mass is 475 g/mol. The largest absolute Gasteiger partial charge is 0.416 e. The standard InChI is InChI=1S/C22H17F4N3S.CO2/c1-3-19-20(14-7-9-16(10-8-14)22(24,25)26)27-21(30-19)29-12-18(13(2)28-29)15-5-4-6-17(23)11-15;2-1-3/h4-12H,3H2,1-2H3;. The molecule has 0 radical (unpaired) electrons. The van der Waals surface area contributed by atoms with E-state index in [1.54, 1.807) is 16.9 Å². The molecule has 4 rings (SSSR count). The summed E-state index contributed by atoms with van der Waals surface area (Å²) < 4.78 is 53.8. The number of thiazole rings is 1. The van der Waals surface area contributed by atoms with Crippen molar-refractivity contribution in [3.05, 3.63) is 76.7 Å². The van der Waals surface area contributed by atoms with Gasteiger partial charge in [0.05, 0.1) is 17.0 Å². The Morgan fingerprint density at radius 3 is 2.30 bits per heavy atom. The smallest absolute Gasteiger partial charge is 0.218 e. The van der Waals surface area contributed by atoms with Gasteiger partial charge in [0.2, 0.25) is 5.13 Å². The highest BCUT2D eigenvalue weighted by atomic mass is 32.1. The summed E-state index contributed by atoms with van der Waals surface area (Å²) >= 11 is 1.43. The Kier molecular flexibility index (Phi) is 7.20. The second-order valence-electron chi connectivity index (χ2n) is 6.86. The summed E-state index contributed by atoms with van der Waals surface area (Å²) in [6.45, 7) is 3.80. The van der Waals surface area contributed by atoms with Gasteiger partial charge in [0.15, 0.2) is 0 Å². The molecular weight excluding hydrogens is 458 g/mol. The number of carbonyl (C=O) groups excluding carboxylic acids is 2. The average molecular weight is 475 g/mol. The van der Waals surface area contributed by atoms with Crippen LogP contribution in [0.1, 0.15) is 23.1 Å². The second kappa shape index (κ2) is 9.89. The Hall–Kier alpha value is -3.62. The van der Waals surface area contributed by atoms with Crippen molar-refractivity contribution < 1.29 is 27.2 Å². The van der Waals surface area contributed by atoms with Gasteiger partial charge in [-0.05, 0) is 43.2 Å². The maximum atomic E-state index is 13.6. The third kappa shape index (κ3) is 5.42. The molecule has 170 valence electrons. The normalized spacial score (nSPS) is 11.0. The lowest BCUT2D eigenvalue weighted by atomic mass is 10.1. The first kappa shape index (κ1) is 24.0. The lowest BCUT2D eigenvalue weighted by Gasteiger charge is -2.07. The van der Waals surface area contributed by atoms with E-state index in [0.717, 1.165) is 28.3 Å². The van der Waals surface area contributed by atoms with Crippen LogP contribution in [0.5, 0.6) is 0 Å². The van der Waals surface area contributed by atoms with Crippen molar-refractivity contribution in [2.24, 2.45) is 0 Å². The number of halogens is 4. The highest BCUT2D eigenvalue weighted by Crippen LogP contribution is 2.35. The van der Waals surface area contributed by atoms with E-state index in [1.807, 2.05) is 19.9 Å². The van der Waals surface area contributed by atoms with Crippen LogP contribution in [0.25, 0.3) is 27.5 Å². The van der Waals surface area contributed by atoms with Crippen LogP contribution < -0.4 is 0 Å². The molecule has 0 aliphatic heterocycles. The Morgan fingerprint density at radius 2 is 1.73 bits per heavy atom. The fourth-order valence-corrected chi connectivity index (χ4v) is 4.17. The van der Waals surface area contributed by atoms with Gasteiger partial charge in [-0.2, -0.15) is 27.9 Å². The van der Waals surface area contributed by atoms with Crippen molar-refractivity contribution >= 4 is 17.5 Å². The molecule has 0 saturated heterocycles. The molecule has 5 nitrogen and oxygen atoms in total. The molecule has 2 aromatic heterocycles. The lowest BCUT2D eigenvalue weighted by Crippen LogP contribution is -2.04. The molecule has 4 aromatic rings. The number of aryl methyl sites for hydroxylation is 2. The third-order valence-electron chi connectivity index (χ3n) is 4.72. The number of alkyl halides is 3. The van der Waals surface area contributed by atoms with Crippen LogP contribution in [0, 0.1) is 12.7 Å². The fourth-order valence-electron chi connectivity index (χ4n) is 3.22. The quantitative estimate of drug-likeness (QED) is 0.334. The summed E-state index contributed by atoms with van der Waals surface area (Å²) in [5.41, 5.74) is 2.81. The van der Waals surface area contributed by atoms with E-state index in [4.69, 9.17) is 9.59 Å². The van der Waals surface area contributed by atoms with Crippen LogP contribution in [0.4, 0.5) is 17.6 Å². The molecule has 0 amide bonds. The molecule has 0 N–H and O–H groups in total. The van der Waals surface area contributed by atoms with Crippen LogP contribution in [0.3, 0.4) is 0 Å². The van der Waals surface area contributed by atoms with Crippen LogP contribution in [0.2, 0.25) is 0 Å². The molecular formula is C23H17F4N3O2S. The van der Waals surface area contributed by atoms with Crippen LogP contribution in [-0.2, 0) is 22.2 Å². The minimum absolute atomic E-state index is 0.250. The van der Waals surface area contributed by atoms with Gasteiger partial charge in [-0.3, -0.25) is 0 Å². The topological polar surface area (TPSA) is 64.8 Å². The van der Waals surface area contributed by atoms with Crippen molar-refractivity contribution in [2.75, 3.05) is 0 Å². The van der Waals surface area contributed by atoms with Crippen molar-refractivity contribution in [2.45, 2.75) is 26.4 Å². The number of rotatable bonds is 4. The van der Waals surface area contributed by atoms with Gasteiger partial charge >= 0.3 is 12.3 Å². The Labute approximate surface area is 190 Å². The second-order valence-corrected chi connectivity index (χ2v) is 7.93. The molecule has 0 spiro atoms. The molecule has 0 bridgehead atoms. The molecule has 0 aliphatic carbocycles. The van der Waals surface area contributed by atoms with Gasteiger partial charge in [0.25, 0.3) is 0 Å². The molecule has 0 atom stereocenters. The molecule has 0 fully saturated rings. The zero-order chi connectivity index (χ0) is 24.2. The predicted molar refractivity (Wildman–Crippen MR) is 114 cm³/mol. The first-order valence-electron chi connectivity index (χ1n) is 9.67. The first-order chi connectivity index (χ1) is 15.7. The highest BCUT2D eigenvalue weighted by Gasteiger charge is 2.30. The van der Waals surface area contributed by atoms with E-state index in [9.17, 15) is 17.6 Å². The summed E-state index contributed by atoms with van der Waals surface area (Å²) in [7, 11) is 0. The van der Waals surface area contributed by atoms with E-state index in [2.05, 4.69) is 10.1 Å². The number of hydrogen-bond acceptors (Lipinski definition) is 5. The van der Waals surface area contributed by atoms with E-state index in [1.165, 1.54) is 35.6 Å². The molecule has 0 aliphatic rings. The van der Waals surface area contributed by atoms with Crippen LogP contribution >= 0.6 is 11.3 Å². The maximum Gasteiger partial charge on any atom is 0.416 e. The zero-order valence-corrected chi connectivity index (χ0v) is 18.3. The number of nitrogens with zero attached hydrogens (tertiary/aromatic N) is 3. The summed E-state index contributed by atoms with van der Waals surface area (Å²) in [6, 6.07) is 11.3. The van der Waals surface area contributed by atoms with Crippen molar-refractivity contribution in [1.29, 1.82) is 0 Å². The molecule has 2 heterocycles. The minimum Gasteiger partial charge on any atom is -0.218 e. The Morgan fingerprint density at radius 1 is 1.06 bits per heavy atom. The maximum absolute atomic E-state index is 13.6. The van der Waals surface area contributed by atoms with Gasteiger partial charge in [0.1, 0.15) is 5.82 Å². The molecule has 0 saturated carbocycles. The van der Waals surface area contributed by atoms with Gasteiger partial charge in [0, 0.05) is 22.2 Å². The molecule has 33 heavy (non-hydrogen) atoms. The highest BCUT2D eigenvalue weighted by molar-refractivity contribution is 7.14. The lowest BCUT2D eigenvalue weighted by molar-refractivity contribution is -0.191. The fraction of sp³-hybridized carbons (Fsp3) is 0.174. The van der Waals surface area contributed by atoms with Crippen molar-refractivity contribution in [3.63, 3.8) is 0 Å². The predicted octanol–water partition coefficient (Wildman–Crippen LogP) is 6.11. The summed E-state index contributed by atoms with van der Waals surface area (Å²) in [5.74, 6) is -0.327. The van der Waals surface area contributed by atoms with Gasteiger partial charge in [-0.25, -0.2) is 14.1 Å². The zero-order valence-electron chi connectivity index (χ0n) is 17.5. The minimum atomic E-state index is -4.38. The van der Waals surface area contributed by atoms with Crippen molar-refractivity contribution in [1.82, 2.24) is 14.8 Å². The summed E-state index contributed by atoms with van der Waals surface area (Å²) in [6.07, 6.45) is -1.65. The molecule has 10 heteroatoms. The number of benzene rings is 2. The van der Waals surface area contributed by atoms with Crippen molar-refractivity contribution in [3.8, 4) is 27.5 Å². The van der Waals surface area contributed by atoms with Gasteiger partial charge in [-0.15, -0.1) is 0 Å². The Bertz CT molecular complexity index is 1290. The summed E-state index contributed by atoms with van der Waals surface area (Å²) in [4.78, 5) is 21.8. The van der Waals surface area contributed by atoms with E-state index in [0.29, 0.717) is 28.4 Å². The SMILES string of the molecule is CCc1sc(-n2cc(-c3cccc(F)c3)c(C)n2)nc1-c1ccc(C(F)(F)F)cc1.O=C=O. The Balaban J connectivity index is 0.000000968. The third-order valence-corrected chi connectivity index (χ3v) is 5.91. The van der Waals surface area contributed by atoms with Gasteiger partial charge in [-0.1, -0.05) is 42.5 Å². The van der Waals surface area contributed by atoms with Gasteiger partial charge < -0.3 is 0 Å². The first-order valence-corrected chi connectivity index (χ1v) is 10.5.